The SMILES string of the molecule is CC(=NO)P(=O)(O)O. The highest BCUT2D eigenvalue weighted by Gasteiger charge is 2.17. The average Bonchev–Trinajstić information content (AvgIpc) is 1.62. The molecule has 0 saturated carbocycles. The number of rotatable bonds is 1. The van der Waals surface area contributed by atoms with E-state index in [0.717, 1.165) is 6.92 Å². The molecule has 0 heterocycles. The molecule has 0 spiro atoms. The van der Waals surface area contributed by atoms with E-state index in [1.807, 2.05) is 0 Å². The van der Waals surface area contributed by atoms with E-state index in [2.05, 4.69) is 5.16 Å². The van der Waals surface area contributed by atoms with Crippen LogP contribution in [-0.4, -0.2) is 20.4 Å². The van der Waals surface area contributed by atoms with E-state index in [1.165, 1.54) is 0 Å². The molecular formula is C2H6NO4P. The molecule has 0 aliphatic carbocycles. The van der Waals surface area contributed by atoms with Crippen LogP contribution in [0.3, 0.4) is 0 Å². The van der Waals surface area contributed by atoms with Crippen LogP contribution in [0.4, 0.5) is 0 Å². The van der Waals surface area contributed by atoms with Crippen LogP contribution in [0.1, 0.15) is 6.92 Å². The van der Waals surface area contributed by atoms with Crippen molar-refractivity contribution in [2.75, 3.05) is 0 Å². The van der Waals surface area contributed by atoms with E-state index in [0.29, 0.717) is 0 Å². The smallest absolute Gasteiger partial charge is 0.373 e. The van der Waals surface area contributed by atoms with Crippen molar-refractivity contribution in [3.8, 4) is 0 Å². The zero-order valence-electron chi connectivity index (χ0n) is 4.14. The van der Waals surface area contributed by atoms with Crippen LogP contribution in [0.25, 0.3) is 0 Å². The Kier molecular flexibility index (Phi) is 2.15. The lowest BCUT2D eigenvalue weighted by atomic mass is 10.9. The van der Waals surface area contributed by atoms with Gasteiger partial charge in [-0.05, 0) is 6.92 Å². The van der Waals surface area contributed by atoms with Crippen LogP contribution in [0.2, 0.25) is 0 Å². The van der Waals surface area contributed by atoms with Crippen molar-refractivity contribution in [1.82, 2.24) is 0 Å². The van der Waals surface area contributed by atoms with E-state index in [4.69, 9.17) is 15.0 Å². The zero-order chi connectivity index (χ0) is 6.78. The molecule has 3 N–H and O–H groups in total. The summed E-state index contributed by atoms with van der Waals surface area (Å²) in [6.45, 7) is 1.04. The van der Waals surface area contributed by atoms with Crippen molar-refractivity contribution < 1.29 is 19.6 Å². The maximum atomic E-state index is 9.97. The highest BCUT2D eigenvalue weighted by atomic mass is 31.2. The topological polar surface area (TPSA) is 90.1 Å². The molecule has 0 bridgehead atoms. The second-order valence-corrected chi connectivity index (χ2v) is 2.93. The summed E-state index contributed by atoms with van der Waals surface area (Å²) in [7, 11) is -4.26. The molecule has 0 aromatic carbocycles. The van der Waals surface area contributed by atoms with Crippen molar-refractivity contribution >= 4 is 13.0 Å². The molecular weight excluding hydrogens is 133 g/mol. The Morgan fingerprint density at radius 3 is 2.00 bits per heavy atom. The van der Waals surface area contributed by atoms with Gasteiger partial charge in [-0.25, -0.2) is 0 Å². The van der Waals surface area contributed by atoms with Crippen molar-refractivity contribution in [3.05, 3.63) is 0 Å². The fourth-order valence-electron chi connectivity index (χ4n) is 0.0583. The lowest BCUT2D eigenvalue weighted by Gasteiger charge is -1.96. The molecule has 0 aromatic heterocycles. The number of hydrogen-bond acceptors (Lipinski definition) is 3. The Morgan fingerprint density at radius 2 is 2.00 bits per heavy atom. The highest BCUT2D eigenvalue weighted by Crippen LogP contribution is 2.35. The molecule has 0 fully saturated rings. The average molecular weight is 139 g/mol. The lowest BCUT2D eigenvalue weighted by Crippen LogP contribution is -1.90. The normalized spacial score (nSPS) is 14.1. The first-order valence-electron chi connectivity index (χ1n) is 1.73. The van der Waals surface area contributed by atoms with Gasteiger partial charge < -0.3 is 15.0 Å². The Balaban J connectivity index is 4.27. The van der Waals surface area contributed by atoms with E-state index in [9.17, 15) is 4.57 Å². The number of nitrogens with zero attached hydrogens (tertiary/aromatic N) is 1. The summed E-state index contributed by atoms with van der Waals surface area (Å²) < 4.78 is 9.97. The van der Waals surface area contributed by atoms with Crippen LogP contribution < -0.4 is 0 Å². The summed E-state index contributed by atoms with van der Waals surface area (Å²) in [6, 6.07) is 0. The van der Waals surface area contributed by atoms with Gasteiger partial charge in [0.1, 0.15) is 0 Å². The Bertz CT molecular complexity index is 146. The highest BCUT2D eigenvalue weighted by molar-refractivity contribution is 7.70. The second-order valence-electron chi connectivity index (χ2n) is 1.19. The van der Waals surface area contributed by atoms with Crippen LogP contribution in [0.5, 0.6) is 0 Å². The first-order chi connectivity index (χ1) is 3.48. The molecule has 0 atom stereocenters. The molecule has 0 aromatic rings. The van der Waals surface area contributed by atoms with Crippen LogP contribution in [0, 0.1) is 0 Å². The molecule has 0 radical (unpaired) electrons. The van der Waals surface area contributed by atoms with Gasteiger partial charge in [0.05, 0.1) is 0 Å². The summed E-state index contributed by atoms with van der Waals surface area (Å²) >= 11 is 0. The zero-order valence-corrected chi connectivity index (χ0v) is 5.04. The summed E-state index contributed by atoms with van der Waals surface area (Å²) in [5.74, 6) is 0. The molecule has 0 aliphatic heterocycles. The molecule has 5 nitrogen and oxygen atoms in total. The van der Waals surface area contributed by atoms with E-state index in [1.54, 1.807) is 0 Å². The maximum Gasteiger partial charge on any atom is 0.373 e. The van der Waals surface area contributed by atoms with Gasteiger partial charge in [-0.1, -0.05) is 5.16 Å². The summed E-state index contributed by atoms with van der Waals surface area (Å²) in [6.07, 6.45) is 0. The van der Waals surface area contributed by atoms with Crippen molar-refractivity contribution in [2.45, 2.75) is 6.92 Å². The van der Waals surface area contributed by atoms with Gasteiger partial charge >= 0.3 is 7.60 Å². The second kappa shape index (κ2) is 2.26. The molecule has 0 unspecified atom stereocenters. The lowest BCUT2D eigenvalue weighted by molar-refractivity contribution is 0.316. The first-order valence-corrected chi connectivity index (χ1v) is 3.34. The minimum Gasteiger partial charge on any atom is -0.410 e. The van der Waals surface area contributed by atoms with Gasteiger partial charge in [0, 0.05) is 0 Å². The molecule has 0 rings (SSSR count). The molecule has 0 amide bonds. The summed E-state index contributed by atoms with van der Waals surface area (Å²) in [4.78, 5) is 16.2. The summed E-state index contributed by atoms with van der Waals surface area (Å²) in [5, 5.41) is 10.1. The largest absolute Gasteiger partial charge is 0.410 e. The molecule has 0 aliphatic rings. The van der Waals surface area contributed by atoms with Gasteiger partial charge in [0.25, 0.3) is 0 Å². The van der Waals surface area contributed by atoms with E-state index < -0.39 is 13.0 Å². The molecule has 0 saturated heterocycles. The fraction of sp³-hybridized carbons (Fsp3) is 0.500. The quantitative estimate of drug-likeness (QED) is 0.206. The molecule has 48 valence electrons. The summed E-state index contributed by atoms with van der Waals surface area (Å²) in [5.41, 5.74) is -0.572. The maximum absolute atomic E-state index is 9.97. The van der Waals surface area contributed by atoms with Crippen LogP contribution >= 0.6 is 7.60 Å². The third-order valence-electron chi connectivity index (χ3n) is 0.566. The van der Waals surface area contributed by atoms with Gasteiger partial charge in [-0.2, -0.15) is 0 Å². The predicted octanol–water partition coefficient (Wildman–Crippen LogP) is -0.0283. The molecule has 8 heavy (non-hydrogen) atoms. The standard InChI is InChI=1S/C2H6NO4P/c1-2(3-4)8(5,6)7/h4H,1H3,(H2,5,6,7). The third-order valence-corrected chi connectivity index (χ3v) is 1.50. The van der Waals surface area contributed by atoms with E-state index in [-0.39, 0.29) is 0 Å². The van der Waals surface area contributed by atoms with Crippen molar-refractivity contribution in [2.24, 2.45) is 5.16 Å². The van der Waals surface area contributed by atoms with Gasteiger partial charge in [-0.15, -0.1) is 0 Å². The predicted molar refractivity (Wildman–Crippen MR) is 26.9 cm³/mol. The minimum atomic E-state index is -4.26. The number of hydrogen-bond donors (Lipinski definition) is 3. The van der Waals surface area contributed by atoms with Gasteiger partial charge in [-0.3, -0.25) is 4.57 Å². The number of oxime groups is 1. The third kappa shape index (κ3) is 2.07. The minimum absolute atomic E-state index is 0.572. The molecule has 6 heteroatoms. The van der Waals surface area contributed by atoms with E-state index >= 15 is 0 Å². The van der Waals surface area contributed by atoms with Gasteiger partial charge in [0.15, 0.2) is 5.45 Å². The van der Waals surface area contributed by atoms with Gasteiger partial charge in [0.2, 0.25) is 0 Å². The Hall–Kier alpha value is -0.380. The monoisotopic (exact) mass is 139 g/mol. The van der Waals surface area contributed by atoms with Crippen molar-refractivity contribution in [3.63, 3.8) is 0 Å². The fourth-order valence-corrected chi connectivity index (χ4v) is 0.175. The Labute approximate surface area is 45.8 Å². The van der Waals surface area contributed by atoms with Crippen LogP contribution in [0.15, 0.2) is 5.16 Å². The first kappa shape index (κ1) is 7.62. The Morgan fingerprint density at radius 1 is 1.62 bits per heavy atom. The van der Waals surface area contributed by atoms with Crippen LogP contribution in [-0.2, 0) is 4.57 Å². The van der Waals surface area contributed by atoms with Crippen molar-refractivity contribution in [1.29, 1.82) is 0 Å².